The zero-order chi connectivity index (χ0) is 25.1. The van der Waals surface area contributed by atoms with Crippen LogP contribution in [0, 0.1) is 5.21 Å². The Bertz CT molecular complexity index is 1330. The summed E-state index contributed by atoms with van der Waals surface area (Å²) < 4.78 is 10.7. The molecule has 4 aromatic rings. The van der Waals surface area contributed by atoms with Crippen molar-refractivity contribution in [3.05, 3.63) is 119 Å². The van der Waals surface area contributed by atoms with Crippen LogP contribution in [0.3, 0.4) is 0 Å². The standard InChI is InChI=1S/C29H26N3O4/c1-35-21-14-10-19(11-15-21)26-27(29(33)31-25-9-5-6-18-30-25)23-7-3-4-8-24(23)32(34)28(26)20-12-16-22(36-2)17-13-20/h3-18,26-28H,1-2H3,(H,30,31,33)/q-1. The number of methoxy groups -OCH3 is 2. The predicted molar refractivity (Wildman–Crippen MR) is 139 cm³/mol. The lowest BCUT2D eigenvalue weighted by Gasteiger charge is -2.51. The van der Waals surface area contributed by atoms with E-state index in [1.165, 1.54) is 0 Å². The van der Waals surface area contributed by atoms with Gasteiger partial charge in [0.1, 0.15) is 17.3 Å². The van der Waals surface area contributed by atoms with E-state index in [0.717, 1.165) is 16.2 Å². The molecule has 0 saturated heterocycles. The Morgan fingerprint density at radius 1 is 0.833 bits per heavy atom. The predicted octanol–water partition coefficient (Wildman–Crippen LogP) is 5.66. The second-order valence-corrected chi connectivity index (χ2v) is 8.58. The third kappa shape index (κ3) is 4.36. The highest BCUT2D eigenvalue weighted by atomic mass is 16.5. The van der Waals surface area contributed by atoms with Crippen LogP contribution in [0.5, 0.6) is 11.5 Å². The Morgan fingerprint density at radius 3 is 2.06 bits per heavy atom. The smallest absolute Gasteiger partial charge is 0.233 e. The highest BCUT2D eigenvalue weighted by Crippen LogP contribution is 2.53. The van der Waals surface area contributed by atoms with Gasteiger partial charge in [-0.2, -0.15) is 0 Å². The van der Waals surface area contributed by atoms with Crippen molar-refractivity contribution in [1.29, 1.82) is 0 Å². The Kier molecular flexibility index (Phi) is 6.56. The van der Waals surface area contributed by atoms with Gasteiger partial charge in [0, 0.05) is 17.8 Å². The Balaban J connectivity index is 1.68. The molecule has 7 heteroatoms. The molecule has 5 rings (SSSR count). The molecule has 3 atom stereocenters. The van der Waals surface area contributed by atoms with Gasteiger partial charge < -0.3 is 25.1 Å². The van der Waals surface area contributed by atoms with Crippen molar-refractivity contribution < 1.29 is 14.3 Å². The molecule has 0 fully saturated rings. The van der Waals surface area contributed by atoms with Crippen LogP contribution in [0.2, 0.25) is 0 Å². The number of carbonyl (C=O) groups excluding carboxylic acids is 1. The van der Waals surface area contributed by atoms with Crippen molar-refractivity contribution in [2.45, 2.75) is 17.9 Å². The van der Waals surface area contributed by atoms with Crippen LogP contribution in [-0.4, -0.2) is 25.1 Å². The molecule has 0 saturated carbocycles. The lowest BCUT2D eigenvalue weighted by molar-refractivity contribution is -0.118. The van der Waals surface area contributed by atoms with Crippen molar-refractivity contribution in [3.63, 3.8) is 0 Å². The molecule has 3 unspecified atom stereocenters. The first kappa shape index (κ1) is 23.4. The quantitative estimate of drug-likeness (QED) is 0.383. The maximum Gasteiger partial charge on any atom is 0.233 e. The molecular weight excluding hydrogens is 454 g/mol. The average molecular weight is 481 g/mol. The lowest BCUT2D eigenvalue weighted by Crippen LogP contribution is -2.41. The Labute approximate surface area is 209 Å². The van der Waals surface area contributed by atoms with Gasteiger partial charge in [-0.05, 0) is 59.2 Å². The van der Waals surface area contributed by atoms with Crippen molar-refractivity contribution in [1.82, 2.24) is 4.98 Å². The van der Waals surface area contributed by atoms with E-state index >= 15 is 0 Å². The molecule has 0 spiro atoms. The number of benzene rings is 3. The molecule has 2 heterocycles. The summed E-state index contributed by atoms with van der Waals surface area (Å²) in [6, 6.07) is 27.0. The van der Waals surface area contributed by atoms with Gasteiger partial charge in [0.05, 0.1) is 26.2 Å². The van der Waals surface area contributed by atoms with E-state index in [1.54, 1.807) is 38.6 Å². The summed E-state index contributed by atoms with van der Waals surface area (Å²) in [5.74, 6) is 0.490. The van der Waals surface area contributed by atoms with Crippen molar-refractivity contribution in [3.8, 4) is 11.5 Å². The molecule has 182 valence electrons. The van der Waals surface area contributed by atoms with Gasteiger partial charge >= 0.3 is 0 Å². The molecule has 3 aromatic carbocycles. The first-order valence-electron chi connectivity index (χ1n) is 11.7. The van der Waals surface area contributed by atoms with E-state index in [1.807, 2.05) is 72.8 Å². The van der Waals surface area contributed by atoms with Gasteiger partial charge in [-0.25, -0.2) is 4.98 Å². The number of hydrogen-bond donors (Lipinski definition) is 1. The summed E-state index contributed by atoms with van der Waals surface area (Å²) in [6.45, 7) is 0. The van der Waals surface area contributed by atoms with E-state index in [0.29, 0.717) is 28.6 Å². The third-order valence-corrected chi connectivity index (χ3v) is 6.62. The minimum Gasteiger partial charge on any atom is -0.758 e. The van der Waals surface area contributed by atoms with Gasteiger partial charge in [-0.3, -0.25) is 4.79 Å². The number of carbonyl (C=O) groups is 1. The van der Waals surface area contributed by atoms with Gasteiger partial charge in [-0.15, -0.1) is 0 Å². The normalized spacial score (nSPS) is 18.8. The Morgan fingerprint density at radius 2 is 1.44 bits per heavy atom. The van der Waals surface area contributed by atoms with Gasteiger partial charge in [-0.1, -0.05) is 48.5 Å². The number of hydroxylamine groups is 1. The van der Waals surface area contributed by atoms with Crippen molar-refractivity contribution in [2.75, 3.05) is 24.6 Å². The minimum atomic E-state index is -0.654. The SMILES string of the molecule is COc1ccc(C2C(C(=O)Nc3ccccn3)c3ccccc3N([O-])C2c2ccc(OC)cc2)cc1. The number of para-hydroxylation sites is 1. The number of nitrogens with zero attached hydrogens (tertiary/aromatic N) is 2. The molecule has 1 N–H and O–H groups in total. The fraction of sp³-hybridized carbons (Fsp3) is 0.172. The third-order valence-electron chi connectivity index (χ3n) is 6.62. The van der Waals surface area contributed by atoms with Crippen molar-refractivity contribution in [2.24, 2.45) is 0 Å². The van der Waals surface area contributed by atoms with E-state index in [4.69, 9.17) is 9.47 Å². The van der Waals surface area contributed by atoms with E-state index in [9.17, 15) is 10.0 Å². The number of aromatic nitrogens is 1. The molecule has 0 radical (unpaired) electrons. The second-order valence-electron chi connectivity index (χ2n) is 8.58. The summed E-state index contributed by atoms with van der Waals surface area (Å²) in [7, 11) is 3.21. The first-order valence-corrected chi connectivity index (χ1v) is 11.7. The van der Waals surface area contributed by atoms with E-state index in [2.05, 4.69) is 10.3 Å². The summed E-state index contributed by atoms with van der Waals surface area (Å²) in [5, 5.41) is 17.9. The van der Waals surface area contributed by atoms with E-state index < -0.39 is 17.9 Å². The van der Waals surface area contributed by atoms with Crippen LogP contribution in [0.4, 0.5) is 11.5 Å². The molecule has 1 amide bonds. The van der Waals surface area contributed by atoms with Crippen molar-refractivity contribution >= 4 is 17.4 Å². The van der Waals surface area contributed by atoms with Gasteiger partial charge in [0.2, 0.25) is 5.91 Å². The topological polar surface area (TPSA) is 86.8 Å². The Hall–Kier alpha value is -4.36. The first-order chi connectivity index (χ1) is 17.6. The molecule has 36 heavy (non-hydrogen) atoms. The lowest BCUT2D eigenvalue weighted by atomic mass is 9.71. The number of fused-ring (bicyclic) bond motifs is 1. The molecule has 7 nitrogen and oxygen atoms in total. The van der Waals surface area contributed by atoms with Crippen LogP contribution in [0.15, 0.2) is 97.2 Å². The average Bonchev–Trinajstić information content (AvgIpc) is 2.93. The number of rotatable bonds is 6. The highest BCUT2D eigenvalue weighted by Gasteiger charge is 2.43. The monoisotopic (exact) mass is 480 g/mol. The number of pyridine rings is 1. The van der Waals surface area contributed by atoms with Crippen LogP contribution in [0.25, 0.3) is 0 Å². The highest BCUT2D eigenvalue weighted by molar-refractivity contribution is 5.98. The zero-order valence-electron chi connectivity index (χ0n) is 20.0. The van der Waals surface area contributed by atoms with Crippen LogP contribution >= 0.6 is 0 Å². The second kappa shape index (κ2) is 10.1. The zero-order valence-corrected chi connectivity index (χ0v) is 20.0. The fourth-order valence-electron chi connectivity index (χ4n) is 4.91. The fourth-order valence-corrected chi connectivity index (χ4v) is 4.91. The van der Waals surface area contributed by atoms with E-state index in [-0.39, 0.29) is 5.91 Å². The maximum absolute atomic E-state index is 13.9. The molecular formula is C29H26N3O4-. The summed E-state index contributed by atoms with van der Waals surface area (Å²) >= 11 is 0. The summed E-state index contributed by atoms with van der Waals surface area (Å²) in [6.07, 6.45) is 1.63. The van der Waals surface area contributed by atoms with Gasteiger partial charge in [0.15, 0.2) is 0 Å². The number of hydrogen-bond acceptors (Lipinski definition) is 6. The molecule has 0 bridgehead atoms. The molecule has 1 aromatic heterocycles. The number of nitrogens with one attached hydrogen (secondary N) is 1. The minimum absolute atomic E-state index is 0.228. The van der Waals surface area contributed by atoms with Gasteiger partial charge in [0.25, 0.3) is 0 Å². The summed E-state index contributed by atoms with van der Waals surface area (Å²) in [5.41, 5.74) is 2.79. The molecule has 1 aliphatic rings. The summed E-state index contributed by atoms with van der Waals surface area (Å²) in [4.78, 5) is 18.2. The van der Waals surface area contributed by atoms with Crippen LogP contribution in [0.1, 0.15) is 34.6 Å². The largest absolute Gasteiger partial charge is 0.758 e. The van der Waals surface area contributed by atoms with Crippen LogP contribution < -0.4 is 19.9 Å². The molecule has 0 aliphatic carbocycles. The van der Waals surface area contributed by atoms with Crippen LogP contribution in [-0.2, 0) is 4.79 Å². The maximum atomic E-state index is 13.9. The number of amides is 1. The number of anilines is 2. The number of ether oxygens (including phenoxy) is 2. The molecule has 1 aliphatic heterocycles.